The van der Waals surface area contributed by atoms with E-state index in [-0.39, 0.29) is 5.56 Å². The molecule has 0 heterocycles. The van der Waals surface area contributed by atoms with Gasteiger partial charge in [0.05, 0.1) is 5.56 Å². The van der Waals surface area contributed by atoms with Crippen LogP contribution in [0.2, 0.25) is 0 Å². The van der Waals surface area contributed by atoms with Gasteiger partial charge in [-0.2, -0.15) is 18.1 Å². The molecule has 82 valence electrons. The molecule has 2 N–H and O–H groups in total. The zero-order valence-corrected chi connectivity index (χ0v) is 8.16. The average molecular weight is 239 g/mol. The number of benzene rings is 1. The molecule has 7 heteroatoms. The van der Waals surface area contributed by atoms with Gasteiger partial charge in [-0.15, -0.1) is 0 Å². The number of hydrogen-bond donors (Lipinski definition) is 2. The molecule has 0 radical (unpaired) electrons. The van der Waals surface area contributed by atoms with Crippen molar-refractivity contribution in [1.82, 2.24) is 0 Å². The van der Waals surface area contributed by atoms with E-state index in [1.54, 1.807) is 0 Å². The van der Waals surface area contributed by atoms with Crippen molar-refractivity contribution in [3.05, 3.63) is 35.4 Å². The summed E-state index contributed by atoms with van der Waals surface area (Å²) < 4.78 is 46.8. The Kier molecular flexibility index (Phi) is 3.44. The van der Waals surface area contributed by atoms with Crippen LogP contribution in [0.5, 0.6) is 0 Å². The van der Waals surface area contributed by atoms with E-state index in [9.17, 15) is 17.7 Å². The molecule has 0 spiro atoms. The van der Waals surface area contributed by atoms with Crippen molar-refractivity contribution in [3.63, 3.8) is 0 Å². The second kappa shape index (κ2) is 4.26. The van der Waals surface area contributed by atoms with Crippen LogP contribution in [0, 0.1) is 0 Å². The highest BCUT2D eigenvalue weighted by molar-refractivity contribution is 7.38. The number of alkyl halides is 3. The van der Waals surface area contributed by atoms with Gasteiger partial charge in [0.25, 0.3) is 0 Å². The standard InChI is InChI=1S/C8H6F3O3P/c9-8(10,11)6-3-1-5(2-4-6)7(12)15(13)14/h1-4,7,12H/p+1. The van der Waals surface area contributed by atoms with Crippen molar-refractivity contribution in [2.24, 2.45) is 0 Å². The summed E-state index contributed by atoms with van der Waals surface area (Å²) in [6.45, 7) is 0. The predicted molar refractivity (Wildman–Crippen MR) is 46.2 cm³/mol. The molecule has 0 amide bonds. The molecule has 1 aromatic rings. The summed E-state index contributed by atoms with van der Waals surface area (Å²) in [6.07, 6.45) is -4.45. The predicted octanol–water partition coefficient (Wildman–Crippen LogP) is 2.43. The summed E-state index contributed by atoms with van der Waals surface area (Å²) in [6, 6.07) is 3.43. The molecular formula is C8H7F3O3P+. The van der Waals surface area contributed by atoms with Gasteiger partial charge in [0, 0.05) is 5.56 Å². The normalized spacial score (nSPS) is 14.9. The fourth-order valence-corrected chi connectivity index (χ4v) is 1.40. The Hall–Kier alpha value is -0.970. The van der Waals surface area contributed by atoms with Crippen LogP contribution in [0.25, 0.3) is 0 Å². The number of hydrogen-bond acceptors (Lipinski definition) is 2. The lowest BCUT2D eigenvalue weighted by Gasteiger charge is -2.06. The molecule has 0 bridgehead atoms. The Morgan fingerprint density at radius 3 is 2.00 bits per heavy atom. The van der Waals surface area contributed by atoms with Crippen LogP contribution in [0.4, 0.5) is 13.2 Å². The molecule has 0 aliphatic carbocycles. The van der Waals surface area contributed by atoms with E-state index in [1.165, 1.54) is 0 Å². The molecule has 3 nitrogen and oxygen atoms in total. The van der Waals surface area contributed by atoms with E-state index in [1.807, 2.05) is 0 Å². The Labute approximate surface area is 84.0 Å². The van der Waals surface area contributed by atoms with Gasteiger partial charge in [0.2, 0.25) is 0 Å². The van der Waals surface area contributed by atoms with Crippen molar-refractivity contribution in [1.29, 1.82) is 0 Å². The molecule has 0 aliphatic heterocycles. The summed E-state index contributed by atoms with van der Waals surface area (Å²) in [7, 11) is -2.85. The number of rotatable bonds is 2. The number of halogens is 3. The van der Waals surface area contributed by atoms with E-state index in [0.717, 1.165) is 24.3 Å². The third kappa shape index (κ3) is 2.99. The van der Waals surface area contributed by atoms with Crippen LogP contribution in [-0.4, -0.2) is 10.00 Å². The first-order valence-corrected chi connectivity index (χ1v) is 5.11. The maximum atomic E-state index is 12.1. The summed E-state index contributed by atoms with van der Waals surface area (Å²) in [5, 5.41) is 9.08. The Balaban J connectivity index is 2.95. The van der Waals surface area contributed by atoms with E-state index in [0.29, 0.717) is 0 Å². The fourth-order valence-electron chi connectivity index (χ4n) is 0.972. The van der Waals surface area contributed by atoms with Gasteiger partial charge in [-0.3, -0.25) is 0 Å². The lowest BCUT2D eigenvalue weighted by molar-refractivity contribution is -0.137. The molecule has 2 atom stereocenters. The highest BCUT2D eigenvalue weighted by Gasteiger charge is 2.32. The molecule has 0 saturated carbocycles. The topological polar surface area (TPSA) is 57.5 Å². The van der Waals surface area contributed by atoms with Crippen molar-refractivity contribution in [2.75, 3.05) is 0 Å². The minimum absolute atomic E-state index is 0.0217. The van der Waals surface area contributed by atoms with Gasteiger partial charge in [0.1, 0.15) is 0 Å². The van der Waals surface area contributed by atoms with Crippen molar-refractivity contribution in [2.45, 2.75) is 12.0 Å². The summed E-state index contributed by atoms with van der Waals surface area (Å²) in [5.41, 5.74) is -0.891. The van der Waals surface area contributed by atoms with Gasteiger partial charge in [-0.25, -0.2) is 0 Å². The monoisotopic (exact) mass is 239 g/mol. The lowest BCUT2D eigenvalue weighted by Crippen LogP contribution is -2.04. The average Bonchev–Trinajstić information content (AvgIpc) is 2.15. The van der Waals surface area contributed by atoms with E-state index < -0.39 is 25.6 Å². The highest BCUT2D eigenvalue weighted by Crippen LogP contribution is 2.36. The van der Waals surface area contributed by atoms with Crippen LogP contribution in [0.3, 0.4) is 0 Å². The fraction of sp³-hybridized carbons (Fsp3) is 0.250. The molecule has 0 aliphatic rings. The number of aliphatic hydroxyl groups excluding tert-OH is 1. The second-order valence-corrected chi connectivity index (χ2v) is 3.89. The van der Waals surface area contributed by atoms with Crippen molar-refractivity contribution < 1.29 is 27.7 Å². The third-order valence-electron chi connectivity index (χ3n) is 1.75. The van der Waals surface area contributed by atoms with E-state index in [2.05, 4.69) is 0 Å². The first-order valence-electron chi connectivity index (χ1n) is 3.83. The minimum Gasteiger partial charge on any atom is -0.345 e. The van der Waals surface area contributed by atoms with Crippen molar-refractivity contribution in [3.8, 4) is 0 Å². The molecule has 15 heavy (non-hydrogen) atoms. The maximum Gasteiger partial charge on any atom is 0.542 e. The third-order valence-corrected chi connectivity index (χ3v) is 2.46. The smallest absolute Gasteiger partial charge is 0.345 e. The van der Waals surface area contributed by atoms with E-state index >= 15 is 0 Å². The largest absolute Gasteiger partial charge is 0.542 e. The molecule has 0 aromatic heterocycles. The zero-order chi connectivity index (χ0) is 11.6. The zero-order valence-electron chi connectivity index (χ0n) is 7.27. The van der Waals surface area contributed by atoms with E-state index in [4.69, 9.17) is 10.00 Å². The highest BCUT2D eigenvalue weighted by atomic mass is 31.1. The molecule has 0 saturated heterocycles. The van der Waals surface area contributed by atoms with Gasteiger partial charge < -0.3 is 5.11 Å². The summed E-state index contributed by atoms with van der Waals surface area (Å²) in [4.78, 5) is 8.54. The molecule has 1 aromatic carbocycles. The summed E-state index contributed by atoms with van der Waals surface area (Å²) >= 11 is 0. The quantitative estimate of drug-likeness (QED) is 0.779. The van der Waals surface area contributed by atoms with Crippen LogP contribution >= 0.6 is 8.03 Å². The van der Waals surface area contributed by atoms with Crippen LogP contribution in [0.15, 0.2) is 24.3 Å². The van der Waals surface area contributed by atoms with Crippen LogP contribution in [0.1, 0.15) is 17.0 Å². The van der Waals surface area contributed by atoms with Gasteiger partial charge in [0.15, 0.2) is 0 Å². The molecular weight excluding hydrogens is 232 g/mol. The SMILES string of the molecule is O=[P+](O)C(O)c1ccc(C(F)(F)F)cc1. The Morgan fingerprint density at radius 2 is 1.67 bits per heavy atom. The summed E-state index contributed by atoms with van der Waals surface area (Å²) in [5.74, 6) is -1.65. The van der Waals surface area contributed by atoms with Crippen LogP contribution < -0.4 is 0 Å². The van der Waals surface area contributed by atoms with Gasteiger partial charge in [-0.1, -0.05) is 12.1 Å². The van der Waals surface area contributed by atoms with Crippen molar-refractivity contribution >= 4 is 8.03 Å². The van der Waals surface area contributed by atoms with Gasteiger partial charge >= 0.3 is 20.0 Å². The molecule has 2 unspecified atom stereocenters. The Morgan fingerprint density at radius 1 is 1.20 bits per heavy atom. The minimum atomic E-state index is -4.45. The first-order chi connectivity index (χ1) is 6.82. The first kappa shape index (κ1) is 12.1. The molecule has 1 rings (SSSR count). The Bertz CT molecular complexity index is 360. The number of aliphatic hydroxyl groups is 1. The maximum absolute atomic E-state index is 12.1. The second-order valence-electron chi connectivity index (χ2n) is 2.80. The molecule has 0 fully saturated rings. The van der Waals surface area contributed by atoms with Gasteiger partial charge in [-0.05, 0) is 16.7 Å². The van der Waals surface area contributed by atoms with Crippen LogP contribution in [-0.2, 0) is 10.7 Å². The lowest BCUT2D eigenvalue weighted by atomic mass is 10.1.